The van der Waals surface area contributed by atoms with Gasteiger partial charge in [0.2, 0.25) is 0 Å². The maximum atomic E-state index is 6.31. The quantitative estimate of drug-likeness (QED) is 0.833. The van der Waals surface area contributed by atoms with Gasteiger partial charge in [-0.1, -0.05) is 30.0 Å². The van der Waals surface area contributed by atoms with Gasteiger partial charge in [0.15, 0.2) is 11.6 Å². The highest BCUT2D eigenvalue weighted by molar-refractivity contribution is 7.99. The molecule has 4 rings (SSSR count). The SMILES string of the molecule is CC1(C)OCC([C@H]2O[C@@H](Sc3ccccc3)C3OC(C)(C)O[C@@H]32)O1. The molecule has 0 radical (unpaired) electrons. The standard InChI is InChI=1S/C18H24O5S/c1-17(2)19-10-12(21-17)13-14-15(23-18(3,4)22-14)16(20-13)24-11-8-6-5-7-9-11/h5-9,12-16H,10H2,1-4H3/t12?,13-,14-,15?,16+/m1/s1. The summed E-state index contributed by atoms with van der Waals surface area (Å²) in [5, 5.41) is 0. The average molecular weight is 352 g/mol. The van der Waals surface area contributed by atoms with Gasteiger partial charge in [-0.05, 0) is 39.8 Å². The molecule has 3 fully saturated rings. The van der Waals surface area contributed by atoms with Crippen molar-refractivity contribution in [3.8, 4) is 0 Å². The molecule has 2 unspecified atom stereocenters. The molecule has 0 aliphatic carbocycles. The minimum atomic E-state index is -0.609. The zero-order valence-electron chi connectivity index (χ0n) is 14.4. The fourth-order valence-electron chi connectivity index (χ4n) is 3.50. The molecule has 1 aromatic carbocycles. The van der Waals surface area contributed by atoms with Gasteiger partial charge in [-0.15, -0.1) is 0 Å². The van der Waals surface area contributed by atoms with Crippen LogP contribution in [0.2, 0.25) is 0 Å². The molecule has 3 saturated heterocycles. The minimum Gasteiger partial charge on any atom is -0.356 e. The van der Waals surface area contributed by atoms with E-state index in [2.05, 4.69) is 12.1 Å². The molecule has 1 aromatic rings. The number of rotatable bonds is 3. The first-order valence-corrected chi connectivity index (χ1v) is 9.26. The fraction of sp³-hybridized carbons (Fsp3) is 0.667. The Balaban J connectivity index is 1.54. The lowest BCUT2D eigenvalue weighted by atomic mass is 10.1. The molecule has 5 nitrogen and oxygen atoms in total. The van der Waals surface area contributed by atoms with Gasteiger partial charge >= 0.3 is 0 Å². The Labute approximate surface area is 146 Å². The second kappa shape index (κ2) is 5.97. The van der Waals surface area contributed by atoms with Crippen LogP contribution in [-0.4, -0.2) is 48.0 Å². The summed E-state index contributed by atoms with van der Waals surface area (Å²) in [4.78, 5) is 1.15. The van der Waals surface area contributed by atoms with E-state index in [1.54, 1.807) is 11.8 Å². The third-order valence-corrected chi connectivity index (χ3v) is 5.60. The predicted octanol–water partition coefficient (Wildman–Crippen LogP) is 3.18. The van der Waals surface area contributed by atoms with Crippen LogP contribution in [0.25, 0.3) is 0 Å². The predicted molar refractivity (Wildman–Crippen MR) is 89.7 cm³/mol. The third-order valence-electron chi connectivity index (χ3n) is 4.44. The van der Waals surface area contributed by atoms with Crippen LogP contribution in [0.5, 0.6) is 0 Å². The second-order valence-corrected chi connectivity index (χ2v) is 8.50. The average Bonchev–Trinajstić information content (AvgIpc) is 3.12. The first-order valence-electron chi connectivity index (χ1n) is 8.38. The van der Waals surface area contributed by atoms with Gasteiger partial charge in [0.05, 0.1) is 6.61 Å². The number of thioether (sulfide) groups is 1. The molecular formula is C18H24O5S. The molecule has 3 heterocycles. The van der Waals surface area contributed by atoms with Gasteiger partial charge in [-0.25, -0.2) is 0 Å². The number of ether oxygens (including phenoxy) is 5. The van der Waals surface area contributed by atoms with Gasteiger partial charge in [0.1, 0.15) is 29.9 Å². The molecule has 0 spiro atoms. The third kappa shape index (κ3) is 3.23. The van der Waals surface area contributed by atoms with Crippen molar-refractivity contribution in [3.63, 3.8) is 0 Å². The smallest absolute Gasteiger partial charge is 0.164 e. The van der Waals surface area contributed by atoms with E-state index in [4.69, 9.17) is 23.7 Å². The largest absolute Gasteiger partial charge is 0.356 e. The molecule has 24 heavy (non-hydrogen) atoms. The zero-order chi connectivity index (χ0) is 16.9. The second-order valence-electron chi connectivity index (χ2n) is 7.33. The Morgan fingerprint density at radius 3 is 2.25 bits per heavy atom. The Morgan fingerprint density at radius 2 is 1.58 bits per heavy atom. The van der Waals surface area contributed by atoms with E-state index in [0.717, 1.165) is 4.90 Å². The number of fused-ring (bicyclic) bond motifs is 1. The summed E-state index contributed by atoms with van der Waals surface area (Å²) >= 11 is 1.67. The Morgan fingerprint density at radius 1 is 0.875 bits per heavy atom. The summed E-state index contributed by atoms with van der Waals surface area (Å²) in [7, 11) is 0. The van der Waals surface area contributed by atoms with Crippen LogP contribution in [-0.2, 0) is 23.7 Å². The Bertz CT molecular complexity index is 590. The lowest BCUT2D eigenvalue weighted by Gasteiger charge is -2.26. The fourth-order valence-corrected chi connectivity index (χ4v) is 4.61. The van der Waals surface area contributed by atoms with Crippen molar-refractivity contribution >= 4 is 11.8 Å². The van der Waals surface area contributed by atoms with Gasteiger partial charge in [-0.2, -0.15) is 0 Å². The van der Waals surface area contributed by atoms with Crippen LogP contribution in [0.1, 0.15) is 27.7 Å². The van der Waals surface area contributed by atoms with Crippen LogP contribution >= 0.6 is 11.8 Å². The summed E-state index contributed by atoms with van der Waals surface area (Å²) in [6.07, 6.45) is -0.614. The van der Waals surface area contributed by atoms with Gasteiger partial charge in [0.25, 0.3) is 0 Å². The molecule has 0 bridgehead atoms. The first kappa shape index (κ1) is 16.8. The molecular weight excluding hydrogens is 328 g/mol. The molecule has 0 amide bonds. The van der Waals surface area contributed by atoms with E-state index >= 15 is 0 Å². The van der Waals surface area contributed by atoms with E-state index in [1.807, 2.05) is 45.9 Å². The number of hydrogen-bond acceptors (Lipinski definition) is 6. The summed E-state index contributed by atoms with van der Waals surface area (Å²) in [6, 6.07) is 10.2. The summed E-state index contributed by atoms with van der Waals surface area (Å²) in [6.45, 7) is 8.25. The lowest BCUT2D eigenvalue weighted by molar-refractivity contribution is -0.198. The molecule has 132 valence electrons. The van der Waals surface area contributed by atoms with Crippen LogP contribution in [0.3, 0.4) is 0 Å². The highest BCUT2D eigenvalue weighted by Gasteiger charge is 2.59. The van der Waals surface area contributed by atoms with Crippen LogP contribution in [0.4, 0.5) is 0 Å². The first-order chi connectivity index (χ1) is 11.3. The number of hydrogen-bond donors (Lipinski definition) is 0. The molecule has 3 aliphatic rings. The van der Waals surface area contributed by atoms with Crippen molar-refractivity contribution < 1.29 is 23.7 Å². The normalized spacial score (nSPS) is 39.9. The summed E-state index contributed by atoms with van der Waals surface area (Å²) in [5.41, 5.74) is -0.128. The van der Waals surface area contributed by atoms with E-state index in [1.165, 1.54) is 0 Å². The molecule has 6 heteroatoms. The van der Waals surface area contributed by atoms with Crippen molar-refractivity contribution in [1.82, 2.24) is 0 Å². The van der Waals surface area contributed by atoms with Gasteiger partial charge in [-0.3, -0.25) is 0 Å². The van der Waals surface area contributed by atoms with Gasteiger partial charge in [0, 0.05) is 4.90 Å². The zero-order valence-corrected chi connectivity index (χ0v) is 15.2. The monoisotopic (exact) mass is 352 g/mol. The van der Waals surface area contributed by atoms with Crippen molar-refractivity contribution in [2.24, 2.45) is 0 Å². The topological polar surface area (TPSA) is 46.2 Å². The highest BCUT2D eigenvalue weighted by Crippen LogP contribution is 2.46. The molecule has 0 saturated carbocycles. The van der Waals surface area contributed by atoms with Crippen molar-refractivity contribution in [1.29, 1.82) is 0 Å². The maximum Gasteiger partial charge on any atom is 0.164 e. The van der Waals surface area contributed by atoms with Crippen molar-refractivity contribution in [3.05, 3.63) is 30.3 Å². The minimum absolute atomic E-state index is 0.123. The number of benzene rings is 1. The Kier molecular flexibility index (Phi) is 4.18. The van der Waals surface area contributed by atoms with E-state index in [9.17, 15) is 0 Å². The van der Waals surface area contributed by atoms with Crippen LogP contribution in [0, 0.1) is 0 Å². The summed E-state index contributed by atoms with van der Waals surface area (Å²) < 4.78 is 30.3. The van der Waals surface area contributed by atoms with E-state index in [-0.39, 0.29) is 29.9 Å². The molecule has 5 atom stereocenters. The van der Waals surface area contributed by atoms with Crippen LogP contribution < -0.4 is 0 Å². The van der Waals surface area contributed by atoms with E-state index < -0.39 is 11.6 Å². The summed E-state index contributed by atoms with van der Waals surface area (Å²) in [5.74, 6) is -1.19. The molecule has 3 aliphatic heterocycles. The van der Waals surface area contributed by atoms with Crippen molar-refractivity contribution in [2.45, 2.75) is 74.0 Å². The maximum absolute atomic E-state index is 6.31. The van der Waals surface area contributed by atoms with E-state index in [0.29, 0.717) is 6.61 Å². The van der Waals surface area contributed by atoms with Gasteiger partial charge < -0.3 is 23.7 Å². The molecule has 0 N–H and O–H groups in total. The molecule has 0 aromatic heterocycles. The van der Waals surface area contributed by atoms with Crippen LogP contribution in [0.15, 0.2) is 35.2 Å². The lowest BCUT2D eigenvalue weighted by Crippen LogP contribution is -2.40. The Hall–Kier alpha value is -0.630. The highest BCUT2D eigenvalue weighted by atomic mass is 32.2. The van der Waals surface area contributed by atoms with Crippen molar-refractivity contribution in [2.75, 3.05) is 6.61 Å².